The van der Waals surface area contributed by atoms with Crippen molar-refractivity contribution in [1.82, 2.24) is 0 Å². The molecule has 3 atom stereocenters. The van der Waals surface area contributed by atoms with Gasteiger partial charge in [-0.2, -0.15) is 0 Å². The Morgan fingerprint density at radius 2 is 1.13 bits per heavy atom. The lowest BCUT2D eigenvalue weighted by atomic mass is 9.95. The molecule has 0 aromatic carbocycles. The second-order valence-corrected chi connectivity index (χ2v) is 13.2. The van der Waals surface area contributed by atoms with Crippen LogP contribution in [0, 0.1) is 0 Å². The maximum atomic E-state index is 13.4. The predicted molar refractivity (Wildman–Crippen MR) is 160 cm³/mol. The van der Waals surface area contributed by atoms with Crippen molar-refractivity contribution in [2.75, 3.05) is 82.3 Å². The molecule has 0 amide bonds. The lowest BCUT2D eigenvalue weighted by Gasteiger charge is -2.34. The lowest BCUT2D eigenvalue weighted by Crippen LogP contribution is -2.56. The highest BCUT2D eigenvalue weighted by Crippen LogP contribution is 2.26. The molecular formula is C30H44N2O20. The van der Waals surface area contributed by atoms with Gasteiger partial charge in [0.1, 0.15) is 26.3 Å². The van der Waals surface area contributed by atoms with E-state index in [1.807, 2.05) is 21.1 Å². The highest BCUT2D eigenvalue weighted by molar-refractivity contribution is 6.33. The molecule has 3 unspecified atom stereocenters. The number of hydrogen-bond donors (Lipinski definition) is 1. The molecule has 294 valence electrons. The molecule has 0 aromatic heterocycles. The predicted octanol–water partition coefficient (Wildman–Crippen LogP) is -5.16. The molecule has 22 nitrogen and oxygen atoms in total. The third kappa shape index (κ3) is 17.6. The summed E-state index contributed by atoms with van der Waals surface area (Å²) in [4.78, 5) is 122. The van der Waals surface area contributed by atoms with Gasteiger partial charge in [-0.05, 0) is 0 Å². The number of esters is 6. The number of carboxylic acids is 3. The van der Waals surface area contributed by atoms with Gasteiger partial charge >= 0.3 is 48.1 Å². The molecule has 0 aliphatic carbocycles. The molecule has 0 aliphatic heterocycles. The Hall–Kier alpha value is -5.22. The van der Waals surface area contributed by atoms with E-state index in [-0.39, 0.29) is 17.6 Å². The number of ketones is 1. The normalized spacial score (nSPS) is 14.2. The summed E-state index contributed by atoms with van der Waals surface area (Å²) in [5.41, 5.74) is -6.63. The van der Waals surface area contributed by atoms with Crippen molar-refractivity contribution in [2.45, 2.75) is 50.1 Å². The van der Waals surface area contributed by atoms with E-state index in [4.69, 9.17) is 23.7 Å². The van der Waals surface area contributed by atoms with Crippen molar-refractivity contribution in [3.8, 4) is 0 Å². The van der Waals surface area contributed by atoms with Crippen LogP contribution in [0.15, 0.2) is 0 Å². The molecule has 1 N–H and O–H groups in total. The number of carbonyl (C=O) groups excluding carboxylic acids is 9. The maximum Gasteiger partial charge on any atom is 0.377 e. The van der Waals surface area contributed by atoms with Gasteiger partial charge in [0.25, 0.3) is 0 Å². The van der Waals surface area contributed by atoms with Gasteiger partial charge in [0.15, 0.2) is 17.8 Å². The molecule has 0 aromatic rings. The summed E-state index contributed by atoms with van der Waals surface area (Å²) in [5, 5.41) is 33.6. The van der Waals surface area contributed by atoms with Crippen LogP contribution in [-0.2, 0) is 81.1 Å². The first-order chi connectivity index (χ1) is 23.7. The van der Waals surface area contributed by atoms with Crippen LogP contribution in [0.5, 0.6) is 0 Å². The van der Waals surface area contributed by atoms with Crippen LogP contribution >= 0.6 is 0 Å². The van der Waals surface area contributed by atoms with Crippen molar-refractivity contribution in [3.05, 3.63) is 0 Å². The number of aliphatic carboxylic acids is 3. The van der Waals surface area contributed by atoms with Gasteiger partial charge in [-0.3, -0.25) is 24.0 Å². The molecule has 0 heterocycles. The Kier molecular flexibility index (Phi) is 18.0. The Morgan fingerprint density at radius 3 is 1.60 bits per heavy atom. The average molecular weight is 753 g/mol. The molecule has 0 aliphatic rings. The fourth-order valence-electron chi connectivity index (χ4n) is 3.56. The zero-order valence-electron chi connectivity index (χ0n) is 30.0. The summed E-state index contributed by atoms with van der Waals surface area (Å²) < 4.78 is 34.2. The highest BCUT2D eigenvalue weighted by Gasteiger charge is 2.47. The summed E-state index contributed by atoms with van der Waals surface area (Å²) >= 11 is 0. The van der Waals surface area contributed by atoms with Crippen molar-refractivity contribution >= 4 is 59.5 Å². The van der Waals surface area contributed by atoms with Crippen molar-refractivity contribution in [3.63, 3.8) is 0 Å². The SMILES string of the molecule is COC(=O)CC(CC(=O)OCC(=O)OCC[N+](C)(C)C)(OC(=O)C(OCC[N+](C)(C)C)OC(=O)CC(CC(=O)O)(OC(=O)C(C)=O)C(=O)[O-])C(=O)[O-]. The van der Waals surface area contributed by atoms with E-state index in [1.54, 1.807) is 21.1 Å². The van der Waals surface area contributed by atoms with Crippen LogP contribution in [0.4, 0.5) is 0 Å². The maximum absolute atomic E-state index is 13.4. The standard InChI is InChI=1S/C30H44N2O20/c1-18(33)24(40)51-29(27(42)43,13-19(34)35)16-22(38)50-26(48-12-10-32(5,6)7)25(41)52-30(28(44)45,14-20(36)46-8)15-21(37)49-17-23(39)47-11-9-31(2,3)4/h26H,9-17H2,1-8H3,(H-2,34,35,42,43,44,45). The Bertz CT molecular complexity index is 1380. The van der Waals surface area contributed by atoms with E-state index < -0.39 is 116 Å². The number of nitrogens with zero attached hydrogens (tertiary/aromatic N) is 2. The van der Waals surface area contributed by atoms with E-state index in [2.05, 4.69) is 9.47 Å². The number of Topliss-reactive ketones (excluding diaryl/α,β-unsaturated/α-hetero) is 1. The van der Waals surface area contributed by atoms with Crippen LogP contribution in [0.2, 0.25) is 0 Å². The second-order valence-electron chi connectivity index (χ2n) is 13.2. The zero-order valence-corrected chi connectivity index (χ0v) is 30.0. The molecule has 0 spiro atoms. The van der Waals surface area contributed by atoms with Gasteiger partial charge in [0.2, 0.25) is 5.78 Å². The third-order valence-corrected chi connectivity index (χ3v) is 6.41. The Balaban J connectivity index is 6.50. The number of likely N-dealkylation sites (N-methyl/N-ethyl adjacent to an activating group) is 2. The second kappa shape index (κ2) is 20.0. The third-order valence-electron chi connectivity index (χ3n) is 6.41. The molecule has 52 heavy (non-hydrogen) atoms. The highest BCUT2D eigenvalue weighted by atomic mass is 16.7. The van der Waals surface area contributed by atoms with Gasteiger partial charge in [-0.1, -0.05) is 0 Å². The molecule has 0 bridgehead atoms. The summed E-state index contributed by atoms with van der Waals surface area (Å²) in [7, 11) is 11.2. The first-order valence-electron chi connectivity index (χ1n) is 15.1. The van der Waals surface area contributed by atoms with E-state index >= 15 is 0 Å². The Morgan fingerprint density at radius 1 is 0.654 bits per heavy atom. The minimum absolute atomic E-state index is 0.0601. The van der Waals surface area contributed by atoms with Crippen LogP contribution in [0.3, 0.4) is 0 Å². The van der Waals surface area contributed by atoms with E-state index in [1.165, 1.54) is 0 Å². The number of rotatable bonds is 24. The van der Waals surface area contributed by atoms with E-state index in [9.17, 15) is 63.3 Å². The van der Waals surface area contributed by atoms with Gasteiger partial charge in [0.05, 0.1) is 87.0 Å². The fraction of sp³-hybridized carbons (Fsp3) is 0.667. The van der Waals surface area contributed by atoms with Crippen molar-refractivity contribution in [2.24, 2.45) is 0 Å². The topological polar surface area (TPSA) is 302 Å². The van der Waals surface area contributed by atoms with Gasteiger partial charge in [0, 0.05) is 6.92 Å². The van der Waals surface area contributed by atoms with Crippen LogP contribution in [0.1, 0.15) is 32.6 Å². The molecule has 0 saturated heterocycles. The lowest BCUT2D eigenvalue weighted by molar-refractivity contribution is -0.870. The number of quaternary nitrogens is 2. The number of ether oxygens (including phenoxy) is 7. The molecular weight excluding hydrogens is 708 g/mol. The number of carbonyl (C=O) groups is 10. The van der Waals surface area contributed by atoms with Crippen LogP contribution < -0.4 is 10.2 Å². The minimum Gasteiger partial charge on any atom is -0.546 e. The number of carboxylic acid groups (broad SMARTS) is 3. The summed E-state index contributed by atoms with van der Waals surface area (Å²) in [5.74, 6) is -17.8. The molecule has 0 radical (unpaired) electrons. The van der Waals surface area contributed by atoms with Gasteiger partial charge in [-0.15, -0.1) is 0 Å². The summed E-state index contributed by atoms with van der Waals surface area (Å²) in [6.07, 6.45) is -8.87. The smallest absolute Gasteiger partial charge is 0.377 e. The van der Waals surface area contributed by atoms with E-state index in [0.717, 1.165) is 7.11 Å². The summed E-state index contributed by atoms with van der Waals surface area (Å²) in [6.45, 7) is -0.486. The van der Waals surface area contributed by atoms with Crippen LogP contribution in [0.25, 0.3) is 0 Å². The first-order valence-corrected chi connectivity index (χ1v) is 15.1. The van der Waals surface area contributed by atoms with E-state index in [0.29, 0.717) is 18.0 Å². The fourth-order valence-corrected chi connectivity index (χ4v) is 3.56. The molecule has 0 rings (SSSR count). The largest absolute Gasteiger partial charge is 0.546 e. The number of hydrogen-bond acceptors (Lipinski definition) is 19. The molecule has 0 fully saturated rings. The quantitative estimate of drug-likeness (QED) is 0.0317. The van der Waals surface area contributed by atoms with Crippen molar-refractivity contribution < 1.29 is 105 Å². The number of methoxy groups -OCH3 is 1. The minimum atomic E-state index is -3.36. The first kappa shape index (κ1) is 46.8. The van der Waals surface area contributed by atoms with Gasteiger partial charge < -0.3 is 67.0 Å². The Labute approximate surface area is 297 Å². The average Bonchev–Trinajstić information content (AvgIpc) is 2.97. The molecule has 22 heteroatoms. The van der Waals surface area contributed by atoms with Gasteiger partial charge in [-0.25, -0.2) is 14.4 Å². The van der Waals surface area contributed by atoms with Crippen molar-refractivity contribution in [1.29, 1.82) is 0 Å². The zero-order chi connectivity index (χ0) is 40.7. The molecule has 0 saturated carbocycles. The summed E-state index contributed by atoms with van der Waals surface area (Å²) in [6, 6.07) is 0. The van der Waals surface area contributed by atoms with Crippen LogP contribution in [-0.4, -0.2) is 173 Å². The monoisotopic (exact) mass is 752 g/mol.